The maximum Gasteiger partial charge on any atom is 0.306 e. The molecule has 0 aromatic rings. The number of rotatable bonds is 44. The van der Waals surface area contributed by atoms with Gasteiger partial charge in [-0.15, -0.1) is 0 Å². The Morgan fingerprint density at radius 3 is 1.40 bits per heavy atom. The summed E-state index contributed by atoms with van der Waals surface area (Å²) in [6.07, 6.45) is 42.3. The van der Waals surface area contributed by atoms with Crippen LogP contribution in [0.15, 0.2) is 85.1 Å². The third kappa shape index (κ3) is 32.4. The minimum atomic E-state index is -1.72. The second kappa shape index (κ2) is 45.4. The Kier molecular flexibility index (Phi) is 41.2. The van der Waals surface area contributed by atoms with Crippen LogP contribution >= 0.6 is 0 Å². The van der Waals surface area contributed by atoms with Crippen molar-refractivity contribution < 1.29 is 69.0 Å². The van der Waals surface area contributed by atoms with E-state index in [0.29, 0.717) is 13.0 Å². The van der Waals surface area contributed by atoms with Crippen LogP contribution in [0.5, 0.6) is 0 Å². The van der Waals surface area contributed by atoms with Crippen molar-refractivity contribution in [3.05, 3.63) is 85.1 Å². The third-order valence-electron chi connectivity index (χ3n) is 12.9. The smallest absolute Gasteiger partial charge is 0.306 e. The first-order valence-electron chi connectivity index (χ1n) is 28.2. The molecule has 11 unspecified atom stereocenters. The predicted molar refractivity (Wildman–Crippen MR) is 288 cm³/mol. The van der Waals surface area contributed by atoms with Gasteiger partial charge < -0.3 is 64.2 Å². The Morgan fingerprint density at radius 2 is 0.890 bits per heavy atom. The quantitative estimate of drug-likeness (QED) is 0.0172. The number of allylic oxidation sites excluding steroid dienone is 14. The zero-order chi connectivity index (χ0) is 53.0. The molecule has 11 atom stereocenters. The van der Waals surface area contributed by atoms with Crippen LogP contribution < -0.4 is 0 Å². The zero-order valence-corrected chi connectivity index (χ0v) is 44.8. The lowest BCUT2D eigenvalue weighted by atomic mass is 9.98. The van der Waals surface area contributed by atoms with Gasteiger partial charge in [0.25, 0.3) is 0 Å². The van der Waals surface area contributed by atoms with Gasteiger partial charge in [0.15, 0.2) is 12.6 Å². The van der Waals surface area contributed by atoms with Crippen molar-refractivity contribution in [1.82, 2.24) is 0 Å². The third-order valence-corrected chi connectivity index (χ3v) is 12.9. The minimum absolute atomic E-state index is 0.0260. The second-order valence-electron chi connectivity index (χ2n) is 19.4. The van der Waals surface area contributed by atoms with E-state index < -0.39 is 86.7 Å². The van der Waals surface area contributed by atoms with Crippen molar-refractivity contribution in [1.29, 1.82) is 0 Å². The summed E-state index contributed by atoms with van der Waals surface area (Å²) >= 11 is 0. The molecule has 0 aliphatic carbocycles. The molecule has 0 aromatic carbocycles. The van der Waals surface area contributed by atoms with Crippen molar-refractivity contribution in [3.8, 4) is 0 Å². The van der Waals surface area contributed by atoms with Gasteiger partial charge in [-0.1, -0.05) is 182 Å². The molecule has 2 heterocycles. The Balaban J connectivity index is 1.77. The Bertz CT molecular complexity index is 1530. The largest absolute Gasteiger partial charge is 0.457 e. The molecule has 2 aliphatic rings. The molecular formula is C59H100O14. The van der Waals surface area contributed by atoms with E-state index in [1.165, 1.54) is 96.3 Å². The molecule has 0 spiro atoms. The molecule has 2 aliphatic heterocycles. The fourth-order valence-electron chi connectivity index (χ4n) is 8.36. The number of carbonyl (C=O) groups excluding carboxylic acids is 1. The van der Waals surface area contributed by atoms with Crippen molar-refractivity contribution in [2.45, 2.75) is 248 Å². The maximum atomic E-state index is 13.0. The van der Waals surface area contributed by atoms with Crippen LogP contribution in [-0.2, 0) is 33.2 Å². The van der Waals surface area contributed by atoms with Crippen LogP contribution in [-0.4, -0.2) is 142 Å². The number of carbonyl (C=O) groups is 1. The van der Waals surface area contributed by atoms with Gasteiger partial charge in [-0.2, -0.15) is 0 Å². The van der Waals surface area contributed by atoms with Crippen molar-refractivity contribution in [2.75, 3.05) is 33.0 Å². The highest BCUT2D eigenvalue weighted by Gasteiger charge is 2.47. The van der Waals surface area contributed by atoms with Gasteiger partial charge in [0.05, 0.1) is 26.4 Å². The molecule has 2 saturated heterocycles. The van der Waals surface area contributed by atoms with Crippen molar-refractivity contribution in [2.24, 2.45) is 0 Å². The van der Waals surface area contributed by atoms with E-state index in [-0.39, 0.29) is 19.6 Å². The number of aliphatic hydroxyl groups is 7. The molecule has 0 saturated carbocycles. The Hall–Kier alpha value is -2.83. The lowest BCUT2D eigenvalue weighted by Gasteiger charge is -2.42. The molecule has 2 fully saturated rings. The van der Waals surface area contributed by atoms with Gasteiger partial charge in [0.2, 0.25) is 0 Å². The lowest BCUT2D eigenvalue weighted by Crippen LogP contribution is -2.61. The molecule has 14 nitrogen and oxygen atoms in total. The van der Waals surface area contributed by atoms with Crippen LogP contribution in [0.4, 0.5) is 0 Å². The summed E-state index contributed by atoms with van der Waals surface area (Å²) < 4.78 is 34.3. The van der Waals surface area contributed by atoms with Gasteiger partial charge >= 0.3 is 5.97 Å². The molecule has 0 radical (unpaired) electrons. The topological polar surface area (TPSA) is 214 Å². The fraction of sp³-hybridized carbons (Fsp3) is 0.746. The van der Waals surface area contributed by atoms with E-state index in [4.69, 9.17) is 28.4 Å². The molecular weight excluding hydrogens is 933 g/mol. The summed E-state index contributed by atoms with van der Waals surface area (Å²) in [5, 5.41) is 72.3. The van der Waals surface area contributed by atoms with Crippen LogP contribution in [0.1, 0.15) is 181 Å². The number of hydrogen-bond donors (Lipinski definition) is 7. The highest BCUT2D eigenvalue weighted by Crippen LogP contribution is 2.26. The average Bonchev–Trinajstić information content (AvgIpc) is 3.39. The Labute approximate surface area is 439 Å². The van der Waals surface area contributed by atoms with Crippen LogP contribution in [0.2, 0.25) is 0 Å². The van der Waals surface area contributed by atoms with E-state index in [2.05, 4.69) is 86.8 Å². The monoisotopic (exact) mass is 1030 g/mol. The van der Waals surface area contributed by atoms with Gasteiger partial charge in [-0.05, 0) is 77.0 Å². The molecule has 0 bridgehead atoms. The number of unbranched alkanes of at least 4 members (excludes halogenated alkanes) is 16. The standard InChI is InChI=1S/C59H100O14/c1-3-5-7-9-11-13-15-17-19-21-23-25-27-29-31-33-35-37-39-41-43-68-45-48(71-51(61)42-40-38-36-34-32-30-28-26-24-22-20-18-16-14-12-10-8-6-4-2)46-69-58-57(67)55(65)53(63)50(73-58)47-70-59-56(66)54(64)52(62)49(44-60)72-59/h6,8,12,14,17-20,24,26,30,32,36,38,48-50,52-60,62-67H,3-5,7,9-11,13,15-16,21-23,25,27-29,31,33-35,37,39-47H2,1-2H3/b8-6-,14-12-,19-17-,20-18-,26-24-,32-30-,38-36-. The molecule has 420 valence electrons. The first-order valence-corrected chi connectivity index (χ1v) is 28.2. The summed E-state index contributed by atoms with van der Waals surface area (Å²) in [4.78, 5) is 13.0. The van der Waals surface area contributed by atoms with E-state index in [1.807, 2.05) is 12.2 Å². The van der Waals surface area contributed by atoms with Gasteiger partial charge in [-0.25, -0.2) is 0 Å². The van der Waals surface area contributed by atoms with E-state index in [1.54, 1.807) is 0 Å². The molecule has 2 rings (SSSR count). The van der Waals surface area contributed by atoms with Crippen LogP contribution in [0.3, 0.4) is 0 Å². The van der Waals surface area contributed by atoms with Crippen LogP contribution in [0, 0.1) is 0 Å². The van der Waals surface area contributed by atoms with Gasteiger partial charge in [-0.3, -0.25) is 4.79 Å². The lowest BCUT2D eigenvalue weighted by molar-refractivity contribution is -0.332. The van der Waals surface area contributed by atoms with E-state index >= 15 is 0 Å². The molecule has 14 heteroatoms. The first kappa shape index (κ1) is 66.3. The minimum Gasteiger partial charge on any atom is -0.457 e. The number of hydrogen-bond acceptors (Lipinski definition) is 14. The predicted octanol–water partition coefficient (Wildman–Crippen LogP) is 9.63. The SMILES string of the molecule is CC/C=C\C/C=C\C/C=C\C/C=C\C/C=C\C/C=C\CCC(=O)OC(COCCCCCCCCCCCC/C=C\CCCCCCCC)COC1OC(COC2OC(CO)C(O)C(O)C2O)C(O)C(O)C1O. The summed E-state index contributed by atoms with van der Waals surface area (Å²) in [5.41, 5.74) is 0. The molecule has 73 heavy (non-hydrogen) atoms. The number of aliphatic hydroxyl groups excluding tert-OH is 7. The average molecular weight is 1030 g/mol. The van der Waals surface area contributed by atoms with Crippen LogP contribution in [0.25, 0.3) is 0 Å². The molecule has 0 aromatic heterocycles. The number of ether oxygens (including phenoxy) is 6. The summed E-state index contributed by atoms with van der Waals surface area (Å²) in [6.45, 7) is 3.47. The first-order chi connectivity index (χ1) is 35.6. The van der Waals surface area contributed by atoms with E-state index in [9.17, 15) is 40.5 Å². The maximum absolute atomic E-state index is 13.0. The molecule has 0 amide bonds. The number of esters is 1. The second-order valence-corrected chi connectivity index (χ2v) is 19.4. The Morgan fingerprint density at radius 1 is 0.466 bits per heavy atom. The molecule has 7 N–H and O–H groups in total. The summed E-state index contributed by atoms with van der Waals surface area (Å²) in [6, 6.07) is 0. The summed E-state index contributed by atoms with van der Waals surface area (Å²) in [5.74, 6) is -0.459. The van der Waals surface area contributed by atoms with Gasteiger partial charge in [0.1, 0.15) is 54.9 Å². The van der Waals surface area contributed by atoms with E-state index in [0.717, 1.165) is 57.8 Å². The zero-order valence-electron chi connectivity index (χ0n) is 44.8. The highest BCUT2D eigenvalue weighted by atomic mass is 16.7. The normalized spacial score (nSPS) is 25.6. The summed E-state index contributed by atoms with van der Waals surface area (Å²) in [7, 11) is 0. The van der Waals surface area contributed by atoms with Crippen molar-refractivity contribution >= 4 is 5.97 Å². The van der Waals surface area contributed by atoms with Gasteiger partial charge in [0, 0.05) is 13.0 Å². The van der Waals surface area contributed by atoms with Crippen molar-refractivity contribution in [3.63, 3.8) is 0 Å². The highest BCUT2D eigenvalue weighted by molar-refractivity contribution is 5.69. The fourth-order valence-corrected chi connectivity index (χ4v) is 8.36.